The van der Waals surface area contributed by atoms with Gasteiger partial charge in [0.05, 0.1) is 5.56 Å². The van der Waals surface area contributed by atoms with Gasteiger partial charge in [-0.25, -0.2) is 0 Å². The van der Waals surface area contributed by atoms with E-state index in [0.29, 0.717) is 0 Å². The van der Waals surface area contributed by atoms with E-state index >= 15 is 0 Å². The maximum Gasteiger partial charge on any atom is 0.416 e. The Morgan fingerprint density at radius 1 is 0.600 bits per heavy atom. The SMILES string of the molecule is FC(F)(F)c1ccc(-c2ccc3ccccc3c2)cc1. The number of hydrogen-bond donors (Lipinski definition) is 0. The minimum absolute atomic E-state index is 0.623. The summed E-state index contributed by atoms with van der Waals surface area (Å²) in [7, 11) is 0. The molecule has 0 bridgehead atoms. The van der Waals surface area contributed by atoms with E-state index in [1.165, 1.54) is 12.1 Å². The standard InChI is InChI=1S/C17H11F3/c18-17(19,20)16-9-7-13(8-10-16)15-6-5-12-3-1-2-4-14(12)11-15/h1-11H. The Hall–Kier alpha value is -2.29. The molecule has 3 heteroatoms. The van der Waals surface area contributed by atoms with Gasteiger partial charge in [-0.2, -0.15) is 13.2 Å². The largest absolute Gasteiger partial charge is 0.416 e. The first kappa shape index (κ1) is 12.7. The summed E-state index contributed by atoms with van der Waals surface area (Å²) in [6.07, 6.45) is -4.29. The van der Waals surface area contributed by atoms with E-state index in [4.69, 9.17) is 0 Å². The van der Waals surface area contributed by atoms with Crippen molar-refractivity contribution in [1.82, 2.24) is 0 Å². The fourth-order valence-corrected chi connectivity index (χ4v) is 2.22. The number of benzene rings is 3. The molecule has 0 unspecified atom stereocenters. The maximum atomic E-state index is 12.5. The molecule has 0 heterocycles. The lowest BCUT2D eigenvalue weighted by molar-refractivity contribution is -0.137. The summed E-state index contributed by atoms with van der Waals surface area (Å²) in [5.41, 5.74) is 1.07. The van der Waals surface area contributed by atoms with Gasteiger partial charge in [0.15, 0.2) is 0 Å². The van der Waals surface area contributed by atoms with Crippen molar-refractivity contribution in [3.8, 4) is 11.1 Å². The van der Waals surface area contributed by atoms with Crippen LogP contribution in [0, 0.1) is 0 Å². The summed E-state index contributed by atoms with van der Waals surface area (Å²) in [6, 6.07) is 19.0. The molecule has 0 amide bonds. The van der Waals surface area contributed by atoms with E-state index in [1.807, 2.05) is 42.5 Å². The third-order valence-corrected chi connectivity index (χ3v) is 3.30. The Morgan fingerprint density at radius 3 is 1.85 bits per heavy atom. The molecule has 0 aromatic heterocycles. The lowest BCUT2D eigenvalue weighted by atomic mass is 10.0. The Labute approximate surface area is 114 Å². The van der Waals surface area contributed by atoms with E-state index in [2.05, 4.69) is 0 Å². The summed E-state index contributed by atoms with van der Waals surface area (Å²) in [5, 5.41) is 2.19. The first-order valence-electron chi connectivity index (χ1n) is 6.20. The summed E-state index contributed by atoms with van der Waals surface area (Å²) < 4.78 is 37.6. The van der Waals surface area contributed by atoms with Gasteiger partial charge < -0.3 is 0 Å². The molecule has 20 heavy (non-hydrogen) atoms. The molecule has 0 aliphatic carbocycles. The fraction of sp³-hybridized carbons (Fsp3) is 0.0588. The number of fused-ring (bicyclic) bond motifs is 1. The van der Waals surface area contributed by atoms with Crippen molar-refractivity contribution in [1.29, 1.82) is 0 Å². The average Bonchev–Trinajstić information content (AvgIpc) is 2.46. The molecule has 0 saturated carbocycles. The topological polar surface area (TPSA) is 0 Å². The molecule has 0 N–H and O–H groups in total. The molecule has 0 fully saturated rings. The van der Waals surface area contributed by atoms with Gasteiger partial charge in [-0.3, -0.25) is 0 Å². The highest BCUT2D eigenvalue weighted by Crippen LogP contribution is 2.31. The zero-order valence-corrected chi connectivity index (χ0v) is 10.5. The second-order valence-corrected chi connectivity index (χ2v) is 4.64. The molecule has 0 spiro atoms. The lowest BCUT2D eigenvalue weighted by Crippen LogP contribution is -2.03. The molecule has 0 atom stereocenters. The van der Waals surface area contributed by atoms with Crippen LogP contribution >= 0.6 is 0 Å². The quantitative estimate of drug-likeness (QED) is 0.546. The third kappa shape index (κ3) is 2.39. The van der Waals surface area contributed by atoms with Crippen LogP contribution in [0.5, 0.6) is 0 Å². The van der Waals surface area contributed by atoms with Crippen LogP contribution in [-0.4, -0.2) is 0 Å². The molecule has 100 valence electrons. The van der Waals surface area contributed by atoms with Crippen molar-refractivity contribution < 1.29 is 13.2 Å². The Morgan fingerprint density at radius 2 is 1.20 bits per heavy atom. The molecule has 3 rings (SSSR count). The van der Waals surface area contributed by atoms with Crippen molar-refractivity contribution >= 4 is 10.8 Å². The van der Waals surface area contributed by atoms with Crippen LogP contribution in [0.3, 0.4) is 0 Å². The first-order chi connectivity index (χ1) is 9.54. The van der Waals surface area contributed by atoms with Crippen molar-refractivity contribution in [2.45, 2.75) is 6.18 Å². The molecule has 3 aromatic rings. The van der Waals surface area contributed by atoms with E-state index in [1.54, 1.807) is 0 Å². The molecule has 0 nitrogen and oxygen atoms in total. The number of hydrogen-bond acceptors (Lipinski definition) is 0. The minimum Gasteiger partial charge on any atom is -0.166 e. The Balaban J connectivity index is 2.02. The van der Waals surface area contributed by atoms with Crippen molar-refractivity contribution in [3.63, 3.8) is 0 Å². The highest BCUT2D eigenvalue weighted by molar-refractivity contribution is 5.87. The first-order valence-corrected chi connectivity index (χ1v) is 6.20. The smallest absolute Gasteiger partial charge is 0.166 e. The molecular formula is C17H11F3. The van der Waals surface area contributed by atoms with Crippen LogP contribution in [0.1, 0.15) is 5.56 Å². The van der Waals surface area contributed by atoms with Gasteiger partial charge in [-0.15, -0.1) is 0 Å². The predicted molar refractivity (Wildman–Crippen MR) is 74.4 cm³/mol. The zero-order valence-electron chi connectivity index (χ0n) is 10.5. The van der Waals surface area contributed by atoms with Crippen LogP contribution in [0.4, 0.5) is 13.2 Å². The number of halogens is 3. The molecule has 3 aromatic carbocycles. The van der Waals surface area contributed by atoms with Gasteiger partial charge in [0.25, 0.3) is 0 Å². The Kier molecular flexibility index (Phi) is 2.97. The monoisotopic (exact) mass is 272 g/mol. The average molecular weight is 272 g/mol. The molecule has 0 saturated heterocycles. The normalized spacial score (nSPS) is 11.8. The fourth-order valence-electron chi connectivity index (χ4n) is 2.22. The van der Waals surface area contributed by atoms with Gasteiger partial charge in [0.1, 0.15) is 0 Å². The Bertz CT molecular complexity index is 740. The summed E-state index contributed by atoms with van der Waals surface area (Å²) in [5.74, 6) is 0. The van der Waals surface area contributed by atoms with Gasteiger partial charge in [0, 0.05) is 0 Å². The molecular weight excluding hydrogens is 261 g/mol. The predicted octanol–water partition coefficient (Wildman–Crippen LogP) is 5.53. The summed E-state index contributed by atoms with van der Waals surface area (Å²) in [4.78, 5) is 0. The van der Waals surface area contributed by atoms with Crippen LogP contribution in [0.15, 0.2) is 66.7 Å². The highest BCUT2D eigenvalue weighted by atomic mass is 19.4. The number of rotatable bonds is 1. The zero-order chi connectivity index (χ0) is 14.2. The van der Waals surface area contributed by atoms with Gasteiger partial charge in [-0.1, -0.05) is 48.5 Å². The lowest BCUT2D eigenvalue weighted by Gasteiger charge is -2.08. The van der Waals surface area contributed by atoms with Gasteiger partial charge >= 0.3 is 6.18 Å². The van der Waals surface area contributed by atoms with Crippen LogP contribution in [-0.2, 0) is 6.18 Å². The van der Waals surface area contributed by atoms with Crippen LogP contribution in [0.2, 0.25) is 0 Å². The molecule has 0 aliphatic heterocycles. The highest BCUT2D eigenvalue weighted by Gasteiger charge is 2.29. The van der Waals surface area contributed by atoms with Crippen LogP contribution in [0.25, 0.3) is 21.9 Å². The van der Waals surface area contributed by atoms with Crippen molar-refractivity contribution in [2.24, 2.45) is 0 Å². The van der Waals surface area contributed by atoms with Crippen LogP contribution < -0.4 is 0 Å². The number of alkyl halides is 3. The maximum absolute atomic E-state index is 12.5. The van der Waals surface area contributed by atoms with E-state index in [0.717, 1.165) is 34.0 Å². The van der Waals surface area contributed by atoms with E-state index in [-0.39, 0.29) is 0 Å². The van der Waals surface area contributed by atoms with Crippen molar-refractivity contribution in [3.05, 3.63) is 72.3 Å². The third-order valence-electron chi connectivity index (χ3n) is 3.30. The summed E-state index contributed by atoms with van der Waals surface area (Å²) in [6.45, 7) is 0. The molecule has 0 aliphatic rings. The summed E-state index contributed by atoms with van der Waals surface area (Å²) >= 11 is 0. The van der Waals surface area contributed by atoms with Crippen molar-refractivity contribution in [2.75, 3.05) is 0 Å². The van der Waals surface area contributed by atoms with E-state index in [9.17, 15) is 13.2 Å². The van der Waals surface area contributed by atoms with Gasteiger partial charge in [0.2, 0.25) is 0 Å². The second-order valence-electron chi connectivity index (χ2n) is 4.64. The minimum atomic E-state index is -4.29. The second kappa shape index (κ2) is 4.67. The van der Waals surface area contributed by atoms with E-state index < -0.39 is 11.7 Å². The molecule has 0 radical (unpaired) electrons. The van der Waals surface area contributed by atoms with Gasteiger partial charge in [-0.05, 0) is 40.1 Å².